The van der Waals surface area contributed by atoms with Crippen LogP contribution in [0.5, 0.6) is 0 Å². The first-order valence-electron chi connectivity index (χ1n) is 3.76. The number of ether oxygens (including phenoxy) is 1. The number of hydrogen-bond acceptors (Lipinski definition) is 3. The lowest BCUT2D eigenvalue weighted by molar-refractivity contribution is 0.100. The molecular weight excluding hydrogens is 156 g/mol. The maximum atomic E-state index is 10.5. The summed E-state index contributed by atoms with van der Waals surface area (Å²) in [6, 6.07) is 0. The Labute approximate surface area is 71.2 Å². The highest BCUT2D eigenvalue weighted by Crippen LogP contribution is 1.99. The second-order valence-electron chi connectivity index (χ2n) is 2.64. The second kappa shape index (κ2) is 4.01. The fourth-order valence-corrected chi connectivity index (χ4v) is 0.933. The molecule has 4 heteroatoms. The Morgan fingerprint density at radius 3 is 3.17 bits per heavy atom. The number of carbonyl (C=O) groups is 1. The van der Waals surface area contributed by atoms with Crippen molar-refractivity contribution in [3.8, 4) is 0 Å². The number of carbonyl (C=O) groups excluding carboxylic acids is 1. The zero-order valence-electron chi connectivity index (χ0n) is 7.23. The Balaban J connectivity index is 2.67. The molecule has 0 aromatic carbocycles. The van der Waals surface area contributed by atoms with Crippen LogP contribution in [-0.4, -0.2) is 29.1 Å². The molecule has 0 bridgehead atoms. The van der Waals surface area contributed by atoms with Crippen LogP contribution in [0.3, 0.4) is 0 Å². The lowest BCUT2D eigenvalue weighted by Gasteiger charge is -2.10. The molecule has 66 valence electrons. The van der Waals surface area contributed by atoms with E-state index in [0.717, 1.165) is 6.29 Å². The minimum Gasteiger partial charge on any atom is -0.380 e. The number of nitrogens with zero attached hydrogens (tertiary/aromatic N) is 2. The number of aromatic nitrogens is 2. The van der Waals surface area contributed by atoms with Crippen molar-refractivity contribution in [3.05, 3.63) is 18.2 Å². The topological polar surface area (TPSA) is 44.1 Å². The van der Waals surface area contributed by atoms with Gasteiger partial charge in [-0.3, -0.25) is 4.79 Å². The maximum Gasteiger partial charge on any atom is 0.168 e. The van der Waals surface area contributed by atoms with Crippen molar-refractivity contribution in [3.63, 3.8) is 0 Å². The van der Waals surface area contributed by atoms with E-state index < -0.39 is 0 Å². The summed E-state index contributed by atoms with van der Waals surface area (Å²) in [5, 5.41) is 0. The van der Waals surface area contributed by atoms with E-state index in [1.165, 1.54) is 6.20 Å². The number of hydrogen-bond donors (Lipinski definition) is 0. The lowest BCUT2D eigenvalue weighted by Crippen LogP contribution is -2.15. The molecule has 0 N–H and O–H groups in total. The first kappa shape index (κ1) is 8.93. The highest BCUT2D eigenvalue weighted by Gasteiger charge is 2.04. The molecule has 0 radical (unpaired) electrons. The van der Waals surface area contributed by atoms with E-state index in [1.54, 1.807) is 18.0 Å². The summed E-state index contributed by atoms with van der Waals surface area (Å²) in [4.78, 5) is 14.3. The molecule has 0 aliphatic rings. The number of methoxy groups -OCH3 is 1. The van der Waals surface area contributed by atoms with E-state index in [2.05, 4.69) is 4.98 Å². The molecule has 1 aromatic rings. The Hall–Kier alpha value is -1.16. The minimum atomic E-state index is 0.0953. The van der Waals surface area contributed by atoms with Crippen LogP contribution in [0.4, 0.5) is 0 Å². The molecule has 4 nitrogen and oxygen atoms in total. The molecule has 1 heterocycles. The van der Waals surface area contributed by atoms with Gasteiger partial charge in [-0.2, -0.15) is 0 Å². The zero-order chi connectivity index (χ0) is 8.97. The monoisotopic (exact) mass is 168 g/mol. The van der Waals surface area contributed by atoms with Crippen LogP contribution in [-0.2, 0) is 11.3 Å². The average Bonchev–Trinajstić information content (AvgIpc) is 2.51. The SMILES string of the molecule is COC(C)Cn1cncc1C=O. The second-order valence-corrected chi connectivity index (χ2v) is 2.64. The van der Waals surface area contributed by atoms with Crippen molar-refractivity contribution in [1.82, 2.24) is 9.55 Å². The van der Waals surface area contributed by atoms with Gasteiger partial charge < -0.3 is 9.30 Å². The molecule has 0 saturated carbocycles. The zero-order valence-corrected chi connectivity index (χ0v) is 7.23. The summed E-state index contributed by atoms with van der Waals surface area (Å²) in [5.41, 5.74) is 0.582. The summed E-state index contributed by atoms with van der Waals surface area (Å²) in [6.45, 7) is 2.60. The number of rotatable bonds is 4. The number of imidazole rings is 1. The van der Waals surface area contributed by atoms with Gasteiger partial charge in [-0.1, -0.05) is 0 Å². The van der Waals surface area contributed by atoms with Gasteiger partial charge in [0.2, 0.25) is 0 Å². The third-order valence-electron chi connectivity index (χ3n) is 1.72. The van der Waals surface area contributed by atoms with Crippen LogP contribution in [0, 0.1) is 0 Å². The van der Waals surface area contributed by atoms with Crippen LogP contribution in [0.15, 0.2) is 12.5 Å². The Morgan fingerprint density at radius 1 is 1.83 bits per heavy atom. The van der Waals surface area contributed by atoms with Gasteiger partial charge in [-0.15, -0.1) is 0 Å². The van der Waals surface area contributed by atoms with Crippen LogP contribution in [0.1, 0.15) is 17.4 Å². The number of aldehydes is 1. The van der Waals surface area contributed by atoms with Crippen molar-refractivity contribution >= 4 is 6.29 Å². The van der Waals surface area contributed by atoms with Gasteiger partial charge in [0.05, 0.1) is 25.2 Å². The third-order valence-corrected chi connectivity index (χ3v) is 1.72. The highest BCUT2D eigenvalue weighted by atomic mass is 16.5. The lowest BCUT2D eigenvalue weighted by atomic mass is 10.4. The van der Waals surface area contributed by atoms with Crippen molar-refractivity contribution < 1.29 is 9.53 Å². The van der Waals surface area contributed by atoms with Crippen LogP contribution in [0.25, 0.3) is 0 Å². The van der Waals surface area contributed by atoms with E-state index in [-0.39, 0.29) is 6.10 Å². The van der Waals surface area contributed by atoms with E-state index in [9.17, 15) is 4.79 Å². The molecule has 1 aromatic heterocycles. The van der Waals surface area contributed by atoms with Gasteiger partial charge in [0.1, 0.15) is 5.69 Å². The summed E-state index contributed by atoms with van der Waals surface area (Å²) < 4.78 is 6.82. The van der Waals surface area contributed by atoms with Gasteiger partial charge in [0, 0.05) is 7.11 Å². The molecule has 0 aliphatic carbocycles. The van der Waals surface area contributed by atoms with Gasteiger partial charge in [-0.25, -0.2) is 4.98 Å². The van der Waals surface area contributed by atoms with E-state index in [4.69, 9.17) is 4.74 Å². The molecule has 1 unspecified atom stereocenters. The van der Waals surface area contributed by atoms with E-state index >= 15 is 0 Å². The Kier molecular flexibility index (Phi) is 2.99. The predicted octanol–water partition coefficient (Wildman–Crippen LogP) is 0.731. The van der Waals surface area contributed by atoms with Gasteiger partial charge in [-0.05, 0) is 6.92 Å². The molecule has 0 spiro atoms. The highest BCUT2D eigenvalue weighted by molar-refractivity contribution is 5.71. The molecular formula is C8H12N2O2. The molecule has 0 fully saturated rings. The molecule has 12 heavy (non-hydrogen) atoms. The fraction of sp³-hybridized carbons (Fsp3) is 0.500. The van der Waals surface area contributed by atoms with Crippen molar-refractivity contribution in [2.75, 3.05) is 7.11 Å². The van der Waals surface area contributed by atoms with Crippen molar-refractivity contribution in [2.45, 2.75) is 19.6 Å². The third kappa shape index (κ3) is 1.92. The molecule has 1 rings (SSSR count). The van der Waals surface area contributed by atoms with Crippen LogP contribution >= 0.6 is 0 Å². The Bertz CT molecular complexity index is 257. The molecule has 0 saturated heterocycles. The smallest absolute Gasteiger partial charge is 0.168 e. The molecule has 1 atom stereocenters. The summed E-state index contributed by atoms with van der Waals surface area (Å²) in [6.07, 6.45) is 4.04. The van der Waals surface area contributed by atoms with Gasteiger partial charge in [0.25, 0.3) is 0 Å². The van der Waals surface area contributed by atoms with Gasteiger partial charge >= 0.3 is 0 Å². The first-order chi connectivity index (χ1) is 5.77. The average molecular weight is 168 g/mol. The predicted molar refractivity (Wildman–Crippen MR) is 44.1 cm³/mol. The summed E-state index contributed by atoms with van der Waals surface area (Å²) in [7, 11) is 1.64. The normalized spacial score (nSPS) is 12.8. The van der Waals surface area contributed by atoms with E-state index in [1.807, 2.05) is 6.92 Å². The van der Waals surface area contributed by atoms with Gasteiger partial charge in [0.15, 0.2) is 6.29 Å². The van der Waals surface area contributed by atoms with Crippen LogP contribution in [0.2, 0.25) is 0 Å². The molecule has 0 amide bonds. The largest absolute Gasteiger partial charge is 0.380 e. The fourth-order valence-electron chi connectivity index (χ4n) is 0.933. The quantitative estimate of drug-likeness (QED) is 0.622. The van der Waals surface area contributed by atoms with Crippen molar-refractivity contribution in [2.24, 2.45) is 0 Å². The molecule has 0 aliphatic heterocycles. The van der Waals surface area contributed by atoms with E-state index in [0.29, 0.717) is 12.2 Å². The first-order valence-corrected chi connectivity index (χ1v) is 3.76. The summed E-state index contributed by atoms with van der Waals surface area (Å²) >= 11 is 0. The summed E-state index contributed by atoms with van der Waals surface area (Å²) in [5.74, 6) is 0. The van der Waals surface area contributed by atoms with Crippen molar-refractivity contribution in [1.29, 1.82) is 0 Å². The van der Waals surface area contributed by atoms with Crippen LogP contribution < -0.4 is 0 Å². The maximum absolute atomic E-state index is 10.5. The Morgan fingerprint density at radius 2 is 2.58 bits per heavy atom. The standard InChI is InChI=1S/C8H12N2O2/c1-7(12-2)4-10-6-9-3-8(10)5-11/h3,5-7H,4H2,1-2H3. The minimum absolute atomic E-state index is 0.0953.